The van der Waals surface area contributed by atoms with E-state index in [1.165, 1.54) is 11.2 Å². The summed E-state index contributed by atoms with van der Waals surface area (Å²) in [6, 6.07) is 6.59. The average molecular weight is 344 g/mol. The molecule has 1 unspecified atom stereocenters. The standard InChI is InChI=1S/C13H16N2O3S3/c1-21(17,18)11-8-20-7-6-15(11)13(16)10-4-2-9(3-5-10)12(14)19/h2-5,11H,6-8H2,1H3,(H2,14,19). The molecule has 2 rings (SSSR count). The Morgan fingerprint density at radius 2 is 1.90 bits per heavy atom. The van der Waals surface area contributed by atoms with Gasteiger partial charge in [-0.15, -0.1) is 0 Å². The van der Waals surface area contributed by atoms with E-state index in [9.17, 15) is 13.2 Å². The number of carbonyl (C=O) groups excluding carboxylic acids is 1. The maximum Gasteiger partial charge on any atom is 0.254 e. The second-order valence-electron chi connectivity index (χ2n) is 4.80. The van der Waals surface area contributed by atoms with Crippen LogP contribution in [-0.2, 0) is 9.84 Å². The zero-order chi connectivity index (χ0) is 15.6. The van der Waals surface area contributed by atoms with Crippen molar-refractivity contribution in [3.63, 3.8) is 0 Å². The van der Waals surface area contributed by atoms with Gasteiger partial charge in [-0.3, -0.25) is 4.79 Å². The lowest BCUT2D eigenvalue weighted by molar-refractivity contribution is 0.0749. The normalized spacial score (nSPS) is 19.3. The summed E-state index contributed by atoms with van der Waals surface area (Å²) in [7, 11) is -3.31. The zero-order valence-corrected chi connectivity index (χ0v) is 13.9. The van der Waals surface area contributed by atoms with Gasteiger partial charge in [0.1, 0.15) is 10.4 Å². The highest BCUT2D eigenvalue weighted by molar-refractivity contribution is 8.00. The van der Waals surface area contributed by atoms with E-state index < -0.39 is 15.2 Å². The van der Waals surface area contributed by atoms with Gasteiger partial charge in [-0.25, -0.2) is 8.42 Å². The first-order valence-corrected chi connectivity index (χ1v) is 9.80. The molecule has 21 heavy (non-hydrogen) atoms. The van der Waals surface area contributed by atoms with Gasteiger partial charge in [0.15, 0.2) is 9.84 Å². The Hall–Kier alpha value is -1.12. The quantitative estimate of drug-likeness (QED) is 0.820. The van der Waals surface area contributed by atoms with Crippen LogP contribution in [0.2, 0.25) is 0 Å². The third kappa shape index (κ3) is 3.75. The Morgan fingerprint density at radius 1 is 1.33 bits per heavy atom. The third-order valence-corrected chi connectivity index (χ3v) is 6.14. The predicted molar refractivity (Wildman–Crippen MR) is 89.3 cm³/mol. The van der Waals surface area contributed by atoms with Crippen molar-refractivity contribution in [1.82, 2.24) is 4.90 Å². The van der Waals surface area contributed by atoms with Crippen LogP contribution in [0.25, 0.3) is 0 Å². The molecule has 1 fully saturated rings. The van der Waals surface area contributed by atoms with Crippen LogP contribution in [0.4, 0.5) is 0 Å². The molecule has 1 saturated heterocycles. The highest BCUT2D eigenvalue weighted by Crippen LogP contribution is 2.22. The van der Waals surface area contributed by atoms with Gasteiger partial charge in [0.2, 0.25) is 0 Å². The van der Waals surface area contributed by atoms with Crippen molar-refractivity contribution >= 4 is 44.7 Å². The Balaban J connectivity index is 2.26. The Bertz CT molecular complexity index is 656. The van der Waals surface area contributed by atoms with Crippen molar-refractivity contribution < 1.29 is 13.2 Å². The number of thioether (sulfide) groups is 1. The zero-order valence-electron chi connectivity index (χ0n) is 11.5. The van der Waals surface area contributed by atoms with Crippen LogP contribution in [0.15, 0.2) is 24.3 Å². The summed E-state index contributed by atoms with van der Waals surface area (Å²) in [6.07, 6.45) is 1.17. The van der Waals surface area contributed by atoms with Gasteiger partial charge in [-0.1, -0.05) is 24.4 Å². The van der Waals surface area contributed by atoms with Gasteiger partial charge in [0.05, 0.1) is 0 Å². The second kappa shape index (κ2) is 6.33. The highest BCUT2D eigenvalue weighted by Gasteiger charge is 2.34. The number of hydrogen-bond acceptors (Lipinski definition) is 5. The van der Waals surface area contributed by atoms with Crippen molar-refractivity contribution in [1.29, 1.82) is 0 Å². The molecule has 1 aromatic carbocycles. The predicted octanol–water partition coefficient (Wildman–Crippen LogP) is 0.880. The lowest BCUT2D eigenvalue weighted by atomic mass is 10.1. The molecule has 0 aromatic heterocycles. The topological polar surface area (TPSA) is 80.5 Å². The van der Waals surface area contributed by atoms with E-state index in [0.717, 1.165) is 5.75 Å². The first-order chi connectivity index (χ1) is 9.80. The number of benzene rings is 1. The summed E-state index contributed by atoms with van der Waals surface area (Å²) >= 11 is 6.41. The van der Waals surface area contributed by atoms with E-state index in [1.807, 2.05) is 0 Å². The van der Waals surface area contributed by atoms with Gasteiger partial charge < -0.3 is 10.6 Å². The van der Waals surface area contributed by atoms with Gasteiger partial charge in [-0.05, 0) is 12.1 Å². The van der Waals surface area contributed by atoms with Gasteiger partial charge >= 0.3 is 0 Å². The first kappa shape index (κ1) is 16.3. The Labute approximate surface area is 133 Å². The van der Waals surface area contributed by atoms with E-state index >= 15 is 0 Å². The summed E-state index contributed by atoms with van der Waals surface area (Å²) in [5.74, 6) is 0.873. The molecule has 1 aliphatic heterocycles. The molecule has 5 nitrogen and oxygen atoms in total. The number of rotatable bonds is 3. The number of carbonyl (C=O) groups is 1. The molecular formula is C13H16N2O3S3. The lowest BCUT2D eigenvalue weighted by Gasteiger charge is -2.34. The van der Waals surface area contributed by atoms with Crippen LogP contribution in [0.3, 0.4) is 0 Å². The molecule has 0 aliphatic carbocycles. The van der Waals surface area contributed by atoms with E-state index in [1.54, 1.807) is 36.0 Å². The second-order valence-corrected chi connectivity index (χ2v) is 8.59. The summed E-state index contributed by atoms with van der Waals surface area (Å²) < 4.78 is 23.7. The summed E-state index contributed by atoms with van der Waals surface area (Å²) in [5, 5.41) is -0.765. The van der Waals surface area contributed by atoms with Crippen LogP contribution in [0.5, 0.6) is 0 Å². The summed E-state index contributed by atoms with van der Waals surface area (Å²) in [4.78, 5) is 14.2. The van der Waals surface area contributed by atoms with Crippen molar-refractivity contribution in [3.8, 4) is 0 Å². The third-order valence-electron chi connectivity index (χ3n) is 3.26. The van der Waals surface area contributed by atoms with Gasteiger partial charge in [0.25, 0.3) is 5.91 Å². The molecule has 1 heterocycles. The number of nitrogens with two attached hydrogens (primary N) is 1. The minimum atomic E-state index is -3.31. The molecule has 2 N–H and O–H groups in total. The van der Waals surface area contributed by atoms with Crippen LogP contribution < -0.4 is 5.73 Å². The molecule has 0 saturated carbocycles. The molecule has 1 amide bonds. The largest absolute Gasteiger partial charge is 0.389 e. The fraction of sp³-hybridized carbons (Fsp3) is 0.385. The smallest absolute Gasteiger partial charge is 0.254 e. The Morgan fingerprint density at radius 3 is 2.43 bits per heavy atom. The lowest BCUT2D eigenvalue weighted by Crippen LogP contribution is -2.49. The van der Waals surface area contributed by atoms with Crippen LogP contribution in [0, 0.1) is 0 Å². The molecule has 1 aliphatic rings. The average Bonchev–Trinajstić information content (AvgIpc) is 2.45. The molecule has 1 aromatic rings. The highest BCUT2D eigenvalue weighted by atomic mass is 32.2. The minimum Gasteiger partial charge on any atom is -0.389 e. The van der Waals surface area contributed by atoms with Crippen molar-refractivity contribution in [3.05, 3.63) is 35.4 Å². The monoisotopic (exact) mass is 344 g/mol. The van der Waals surface area contributed by atoms with E-state index in [0.29, 0.717) is 23.4 Å². The summed E-state index contributed by atoms with van der Waals surface area (Å²) in [6.45, 7) is 0.429. The molecule has 0 bridgehead atoms. The van der Waals surface area contributed by atoms with E-state index in [2.05, 4.69) is 0 Å². The molecular weight excluding hydrogens is 328 g/mol. The molecule has 0 radical (unpaired) electrons. The molecule has 8 heteroatoms. The number of sulfone groups is 1. The molecule has 1 atom stereocenters. The van der Waals surface area contributed by atoms with Crippen molar-refractivity contribution in [2.24, 2.45) is 5.73 Å². The van der Waals surface area contributed by atoms with Crippen molar-refractivity contribution in [2.45, 2.75) is 5.37 Å². The fourth-order valence-electron chi connectivity index (χ4n) is 2.11. The van der Waals surface area contributed by atoms with Gasteiger partial charge in [-0.2, -0.15) is 11.8 Å². The van der Waals surface area contributed by atoms with E-state index in [4.69, 9.17) is 18.0 Å². The van der Waals surface area contributed by atoms with Crippen LogP contribution in [0.1, 0.15) is 15.9 Å². The number of hydrogen-bond donors (Lipinski definition) is 1. The summed E-state index contributed by atoms with van der Waals surface area (Å²) in [5.41, 5.74) is 6.63. The minimum absolute atomic E-state index is 0.261. The van der Waals surface area contributed by atoms with E-state index in [-0.39, 0.29) is 10.9 Å². The first-order valence-electron chi connectivity index (χ1n) is 6.28. The Kier molecular flexibility index (Phi) is 4.90. The maximum atomic E-state index is 12.5. The number of thiocarbonyl (C=S) groups is 1. The van der Waals surface area contributed by atoms with Crippen LogP contribution >= 0.6 is 24.0 Å². The maximum absolute atomic E-state index is 12.5. The molecule has 0 spiro atoms. The van der Waals surface area contributed by atoms with Gasteiger partial charge in [0, 0.05) is 35.4 Å². The number of nitrogens with zero attached hydrogens (tertiary/aromatic N) is 1. The molecule has 114 valence electrons. The fourth-order valence-corrected chi connectivity index (χ4v) is 5.06. The number of amides is 1. The van der Waals surface area contributed by atoms with Crippen LogP contribution in [-0.4, -0.2) is 53.9 Å². The SMILES string of the molecule is CS(=O)(=O)C1CSCCN1C(=O)c1ccc(C(N)=S)cc1. The van der Waals surface area contributed by atoms with Crippen molar-refractivity contribution in [2.75, 3.05) is 24.3 Å².